The molecule has 160 valence electrons. The van der Waals surface area contributed by atoms with E-state index < -0.39 is 25.8 Å². The van der Waals surface area contributed by atoms with Gasteiger partial charge < -0.3 is 9.47 Å². The van der Waals surface area contributed by atoms with Crippen molar-refractivity contribution in [3.63, 3.8) is 0 Å². The Hall–Kier alpha value is -2.83. The van der Waals surface area contributed by atoms with Crippen LogP contribution in [0.2, 0.25) is 0 Å². The minimum absolute atomic E-state index is 0.0247. The molecule has 0 bridgehead atoms. The van der Waals surface area contributed by atoms with Crippen LogP contribution in [-0.4, -0.2) is 52.0 Å². The molecule has 2 N–H and O–H groups in total. The molecular formula is C18H20N4O6S2. The summed E-state index contributed by atoms with van der Waals surface area (Å²) in [7, 11) is -7.67. The molecule has 1 aliphatic rings. The van der Waals surface area contributed by atoms with E-state index in [2.05, 4.69) is 14.5 Å². The van der Waals surface area contributed by atoms with E-state index >= 15 is 0 Å². The first-order valence-electron chi connectivity index (χ1n) is 9.16. The van der Waals surface area contributed by atoms with Crippen molar-refractivity contribution in [2.24, 2.45) is 0 Å². The second kappa shape index (κ2) is 8.13. The van der Waals surface area contributed by atoms with E-state index in [1.165, 1.54) is 18.2 Å². The normalized spacial score (nSPS) is 14.4. The van der Waals surface area contributed by atoms with Gasteiger partial charge in [0.1, 0.15) is 0 Å². The Morgan fingerprint density at radius 2 is 1.80 bits per heavy atom. The number of aromatic nitrogens is 2. The lowest BCUT2D eigenvalue weighted by Crippen LogP contribution is -2.31. The molecule has 12 heteroatoms. The van der Waals surface area contributed by atoms with Gasteiger partial charge in [0.25, 0.3) is 0 Å². The van der Waals surface area contributed by atoms with Gasteiger partial charge in [-0.05, 0) is 30.3 Å². The van der Waals surface area contributed by atoms with E-state index in [9.17, 15) is 16.8 Å². The average Bonchev–Trinajstić information content (AvgIpc) is 3.02. The fourth-order valence-electron chi connectivity index (χ4n) is 2.92. The number of fused-ring (bicyclic) bond motifs is 2. The number of anilines is 1. The number of benzene rings is 1. The number of nitrogens with zero attached hydrogens (tertiary/aromatic N) is 2. The van der Waals surface area contributed by atoms with Crippen LogP contribution in [0.1, 0.15) is 6.42 Å². The van der Waals surface area contributed by atoms with Gasteiger partial charge in [-0.3, -0.25) is 4.72 Å². The van der Waals surface area contributed by atoms with E-state index in [4.69, 9.17) is 9.47 Å². The van der Waals surface area contributed by atoms with Crippen molar-refractivity contribution >= 4 is 31.3 Å². The van der Waals surface area contributed by atoms with Gasteiger partial charge in [0.15, 0.2) is 11.5 Å². The highest BCUT2D eigenvalue weighted by molar-refractivity contribution is 7.92. The highest BCUT2D eigenvalue weighted by Crippen LogP contribution is 2.31. The fraction of sp³-hybridized carbons (Fsp3) is 0.278. The van der Waals surface area contributed by atoms with Crippen LogP contribution in [0.3, 0.4) is 0 Å². The molecule has 0 atom stereocenters. The van der Waals surface area contributed by atoms with Gasteiger partial charge in [-0.2, -0.15) is 5.10 Å². The standard InChI is InChI=1S/C18H20N4O6S2/c23-29(24,21-14-5-8-22-15(12-14)4-6-19-22)11-7-20-30(25,26)16-2-3-17-18(13-16)28-10-1-9-27-17/h2-6,8,12-13,20-21H,1,7,9-11H2. The number of pyridine rings is 1. The lowest BCUT2D eigenvalue weighted by molar-refractivity contribution is 0.297. The number of hydrogen-bond donors (Lipinski definition) is 2. The molecule has 0 spiro atoms. The molecule has 0 aliphatic carbocycles. The SMILES string of the molecule is O=S(=O)(CCNS(=O)(=O)c1ccc2c(c1)OCCCO2)Nc1ccn2nccc2c1. The summed E-state index contributed by atoms with van der Waals surface area (Å²) in [6.07, 6.45) is 3.93. The Morgan fingerprint density at radius 3 is 2.63 bits per heavy atom. The molecule has 0 amide bonds. The van der Waals surface area contributed by atoms with Crippen LogP contribution in [0.25, 0.3) is 5.52 Å². The van der Waals surface area contributed by atoms with Gasteiger partial charge in [0.05, 0.1) is 35.1 Å². The second-order valence-electron chi connectivity index (χ2n) is 6.59. The molecule has 1 aliphatic heterocycles. The van der Waals surface area contributed by atoms with E-state index in [1.807, 2.05) is 0 Å². The van der Waals surface area contributed by atoms with E-state index in [1.54, 1.807) is 35.1 Å². The predicted octanol–water partition coefficient (Wildman–Crippen LogP) is 1.22. The van der Waals surface area contributed by atoms with Crippen molar-refractivity contribution in [3.8, 4) is 11.5 Å². The lowest BCUT2D eigenvalue weighted by Gasteiger charge is -2.12. The molecule has 0 unspecified atom stereocenters. The molecule has 0 radical (unpaired) electrons. The third-order valence-electron chi connectivity index (χ3n) is 4.37. The molecule has 30 heavy (non-hydrogen) atoms. The maximum Gasteiger partial charge on any atom is 0.240 e. The van der Waals surface area contributed by atoms with Crippen molar-refractivity contribution in [2.75, 3.05) is 30.2 Å². The summed E-state index contributed by atoms with van der Waals surface area (Å²) in [5, 5.41) is 4.04. The third-order valence-corrected chi connectivity index (χ3v) is 7.11. The summed E-state index contributed by atoms with van der Waals surface area (Å²) in [4.78, 5) is -0.0247. The summed E-state index contributed by atoms with van der Waals surface area (Å²) in [5.41, 5.74) is 1.10. The number of rotatable bonds is 7. The molecule has 0 saturated carbocycles. The zero-order valence-electron chi connectivity index (χ0n) is 15.8. The molecule has 0 saturated heterocycles. The summed E-state index contributed by atoms with van der Waals surface area (Å²) in [6, 6.07) is 9.23. The fourth-order valence-corrected chi connectivity index (χ4v) is 5.06. The topological polar surface area (TPSA) is 128 Å². The molecule has 1 aromatic carbocycles. The Kier molecular flexibility index (Phi) is 5.54. The molecule has 0 fully saturated rings. The molecule has 3 heterocycles. The number of ether oxygens (including phenoxy) is 2. The first-order chi connectivity index (χ1) is 14.3. The quantitative estimate of drug-likeness (QED) is 0.551. The van der Waals surface area contributed by atoms with Gasteiger partial charge in [-0.15, -0.1) is 0 Å². The van der Waals surface area contributed by atoms with Gasteiger partial charge in [-0.1, -0.05) is 0 Å². The van der Waals surface area contributed by atoms with Crippen molar-refractivity contribution in [1.29, 1.82) is 0 Å². The minimum atomic E-state index is -3.91. The highest BCUT2D eigenvalue weighted by atomic mass is 32.2. The summed E-state index contributed by atoms with van der Waals surface area (Å²) in [6.45, 7) is 0.635. The van der Waals surface area contributed by atoms with Crippen molar-refractivity contribution in [2.45, 2.75) is 11.3 Å². The Bertz CT molecular complexity index is 1270. The second-order valence-corrected chi connectivity index (χ2v) is 10.2. The summed E-state index contributed by atoms with van der Waals surface area (Å²) < 4.78 is 67.0. The number of nitrogens with one attached hydrogen (secondary N) is 2. The minimum Gasteiger partial charge on any atom is -0.490 e. The smallest absolute Gasteiger partial charge is 0.240 e. The molecule has 3 aromatic rings. The number of hydrogen-bond acceptors (Lipinski definition) is 7. The average molecular weight is 453 g/mol. The lowest BCUT2D eigenvalue weighted by atomic mass is 10.3. The van der Waals surface area contributed by atoms with Crippen molar-refractivity contribution in [1.82, 2.24) is 14.3 Å². The Labute approximate surface area is 173 Å². The highest BCUT2D eigenvalue weighted by Gasteiger charge is 2.20. The zero-order chi connectivity index (χ0) is 21.2. The van der Waals surface area contributed by atoms with Crippen LogP contribution in [0, 0.1) is 0 Å². The van der Waals surface area contributed by atoms with Crippen LogP contribution in [0.5, 0.6) is 11.5 Å². The van der Waals surface area contributed by atoms with Crippen molar-refractivity contribution in [3.05, 3.63) is 48.8 Å². The molecule has 4 rings (SSSR count). The maximum atomic E-state index is 12.5. The van der Waals surface area contributed by atoms with E-state index in [-0.39, 0.29) is 11.4 Å². The van der Waals surface area contributed by atoms with Gasteiger partial charge in [-0.25, -0.2) is 26.1 Å². The van der Waals surface area contributed by atoms with Crippen LogP contribution < -0.4 is 18.9 Å². The summed E-state index contributed by atoms with van der Waals surface area (Å²) in [5.74, 6) is 0.398. The Balaban J connectivity index is 1.39. The maximum absolute atomic E-state index is 12.5. The first-order valence-corrected chi connectivity index (χ1v) is 12.3. The first kappa shape index (κ1) is 20.4. The molecular weight excluding hydrogens is 432 g/mol. The van der Waals surface area contributed by atoms with Crippen LogP contribution in [-0.2, 0) is 20.0 Å². The molecule has 2 aromatic heterocycles. The van der Waals surface area contributed by atoms with E-state index in [0.717, 1.165) is 5.52 Å². The van der Waals surface area contributed by atoms with Gasteiger partial charge >= 0.3 is 0 Å². The van der Waals surface area contributed by atoms with Gasteiger partial charge in [0, 0.05) is 31.4 Å². The largest absolute Gasteiger partial charge is 0.490 e. The van der Waals surface area contributed by atoms with Crippen molar-refractivity contribution < 1.29 is 26.3 Å². The predicted molar refractivity (Wildman–Crippen MR) is 110 cm³/mol. The third kappa shape index (κ3) is 4.66. The molecule has 10 nitrogen and oxygen atoms in total. The van der Waals surface area contributed by atoms with Crippen LogP contribution in [0.15, 0.2) is 53.7 Å². The van der Waals surface area contributed by atoms with Crippen LogP contribution in [0.4, 0.5) is 5.69 Å². The van der Waals surface area contributed by atoms with Crippen LogP contribution >= 0.6 is 0 Å². The summed E-state index contributed by atoms with van der Waals surface area (Å²) >= 11 is 0. The monoisotopic (exact) mass is 452 g/mol. The zero-order valence-corrected chi connectivity index (χ0v) is 17.4. The number of sulfonamides is 2. The van der Waals surface area contributed by atoms with E-state index in [0.29, 0.717) is 36.8 Å². The van der Waals surface area contributed by atoms with Gasteiger partial charge in [0.2, 0.25) is 20.0 Å². The Morgan fingerprint density at radius 1 is 1.00 bits per heavy atom.